The number of aromatic nitrogens is 1. The molecular weight excluding hydrogens is 456 g/mol. The summed E-state index contributed by atoms with van der Waals surface area (Å²) in [6.45, 7) is 8.33. The highest BCUT2D eigenvalue weighted by Crippen LogP contribution is 2.36. The van der Waals surface area contributed by atoms with Crippen molar-refractivity contribution < 1.29 is 9.59 Å². The lowest BCUT2D eigenvalue weighted by molar-refractivity contribution is -0.133. The average Bonchev–Trinajstić information content (AvgIpc) is 3.12. The second-order valence-corrected chi connectivity index (χ2v) is 12.2. The van der Waals surface area contributed by atoms with Crippen LogP contribution in [0.5, 0.6) is 0 Å². The summed E-state index contributed by atoms with van der Waals surface area (Å²) in [5, 5.41) is 3.40. The summed E-state index contributed by atoms with van der Waals surface area (Å²) < 4.78 is 3.29. The van der Waals surface area contributed by atoms with Gasteiger partial charge < -0.3 is 19.7 Å². The van der Waals surface area contributed by atoms with Crippen molar-refractivity contribution >= 4 is 33.4 Å². The van der Waals surface area contributed by atoms with Crippen LogP contribution in [0, 0.1) is 0 Å². The van der Waals surface area contributed by atoms with Crippen LogP contribution >= 0.6 is 11.3 Å². The fourth-order valence-corrected chi connectivity index (χ4v) is 7.32. The highest BCUT2D eigenvalue weighted by Gasteiger charge is 2.48. The van der Waals surface area contributed by atoms with Gasteiger partial charge in [-0.15, -0.1) is 11.3 Å². The van der Waals surface area contributed by atoms with Gasteiger partial charge in [-0.3, -0.25) is 9.59 Å². The van der Waals surface area contributed by atoms with Gasteiger partial charge in [0.25, 0.3) is 5.91 Å². The molecule has 0 aromatic carbocycles. The lowest BCUT2D eigenvalue weighted by atomic mass is 9.93. The number of nitrogens with one attached hydrogen (secondary N) is 1. The van der Waals surface area contributed by atoms with Crippen molar-refractivity contribution in [1.29, 1.82) is 0 Å². The van der Waals surface area contributed by atoms with Crippen LogP contribution in [-0.2, 0) is 17.8 Å². The molecule has 1 N–H and O–H groups in total. The maximum Gasteiger partial charge on any atom is 0.271 e. The Labute approximate surface area is 214 Å². The van der Waals surface area contributed by atoms with Gasteiger partial charge in [-0.1, -0.05) is 45.4 Å². The molecule has 2 aromatic heterocycles. The van der Waals surface area contributed by atoms with Crippen molar-refractivity contribution in [2.24, 2.45) is 0 Å². The summed E-state index contributed by atoms with van der Waals surface area (Å²) in [5.41, 5.74) is 0.961. The molecule has 1 saturated heterocycles. The maximum atomic E-state index is 14.0. The maximum absolute atomic E-state index is 14.0. The number of thiophene rings is 1. The lowest BCUT2D eigenvalue weighted by Gasteiger charge is -2.45. The van der Waals surface area contributed by atoms with Gasteiger partial charge >= 0.3 is 0 Å². The third kappa shape index (κ3) is 5.04. The molecule has 4 heterocycles. The van der Waals surface area contributed by atoms with E-state index in [-0.39, 0.29) is 17.9 Å². The molecule has 1 atom stereocenters. The molecule has 0 bridgehead atoms. The highest BCUT2D eigenvalue weighted by atomic mass is 32.1. The van der Waals surface area contributed by atoms with Crippen molar-refractivity contribution in [3.63, 3.8) is 0 Å². The van der Waals surface area contributed by atoms with Gasteiger partial charge in [-0.05, 0) is 64.3 Å². The summed E-state index contributed by atoms with van der Waals surface area (Å²) >= 11 is 1.77. The van der Waals surface area contributed by atoms with E-state index in [4.69, 9.17) is 0 Å². The van der Waals surface area contributed by atoms with Crippen LogP contribution in [0.4, 0.5) is 0 Å². The third-order valence-corrected chi connectivity index (χ3v) is 9.75. The van der Waals surface area contributed by atoms with Crippen molar-refractivity contribution in [2.75, 3.05) is 26.2 Å². The van der Waals surface area contributed by atoms with Crippen molar-refractivity contribution in [2.45, 2.75) is 103 Å². The minimum absolute atomic E-state index is 0.00559. The number of hydrogen-bond acceptors (Lipinski definition) is 4. The van der Waals surface area contributed by atoms with E-state index in [0.717, 1.165) is 54.8 Å². The van der Waals surface area contributed by atoms with E-state index in [1.54, 1.807) is 11.3 Å². The molecule has 192 valence electrons. The molecule has 0 spiro atoms. The SMILES string of the molecule is CCc1cc2c(cc3n2C[C@](C)(C(=O)NC2CCCCCC2)N(CCN2CCCCCC2)C3=O)s1. The Morgan fingerprint density at radius 3 is 2.40 bits per heavy atom. The predicted octanol–water partition coefficient (Wildman–Crippen LogP) is 5.19. The number of rotatable bonds is 6. The van der Waals surface area contributed by atoms with Crippen LogP contribution in [0.3, 0.4) is 0 Å². The average molecular weight is 499 g/mol. The quantitative estimate of drug-likeness (QED) is 0.558. The number of amides is 2. The Morgan fingerprint density at radius 2 is 1.71 bits per heavy atom. The Kier molecular flexibility index (Phi) is 7.54. The predicted molar refractivity (Wildman–Crippen MR) is 143 cm³/mol. The van der Waals surface area contributed by atoms with E-state index in [2.05, 4.69) is 33.8 Å². The largest absolute Gasteiger partial charge is 0.351 e. The Morgan fingerprint density at radius 1 is 1.03 bits per heavy atom. The van der Waals surface area contributed by atoms with E-state index < -0.39 is 5.54 Å². The zero-order valence-electron chi connectivity index (χ0n) is 21.6. The van der Waals surface area contributed by atoms with Crippen LogP contribution in [0.2, 0.25) is 0 Å². The summed E-state index contributed by atoms with van der Waals surface area (Å²) in [5.74, 6) is 0.0260. The van der Waals surface area contributed by atoms with E-state index in [1.807, 2.05) is 11.8 Å². The Hall–Kier alpha value is -1.86. The molecule has 3 aliphatic rings. The summed E-state index contributed by atoms with van der Waals surface area (Å²) in [6.07, 6.45) is 13.0. The smallest absolute Gasteiger partial charge is 0.271 e. The fraction of sp³-hybridized carbons (Fsp3) is 0.714. The zero-order chi connectivity index (χ0) is 24.4. The van der Waals surface area contributed by atoms with Crippen molar-refractivity contribution in [3.8, 4) is 0 Å². The molecule has 0 radical (unpaired) electrons. The van der Waals surface area contributed by atoms with Gasteiger partial charge in [-0.25, -0.2) is 0 Å². The minimum atomic E-state index is -0.886. The summed E-state index contributed by atoms with van der Waals surface area (Å²) in [7, 11) is 0. The van der Waals surface area contributed by atoms with Gasteiger partial charge in [0.2, 0.25) is 5.91 Å². The van der Waals surface area contributed by atoms with Crippen LogP contribution in [0.15, 0.2) is 12.1 Å². The van der Waals surface area contributed by atoms with Gasteiger partial charge in [0, 0.05) is 24.0 Å². The fourth-order valence-electron chi connectivity index (χ4n) is 6.28. The molecule has 2 fully saturated rings. The zero-order valence-corrected chi connectivity index (χ0v) is 22.4. The molecule has 1 saturated carbocycles. The van der Waals surface area contributed by atoms with Crippen LogP contribution in [0.25, 0.3) is 10.2 Å². The topological polar surface area (TPSA) is 57.6 Å². The molecule has 2 amide bonds. The molecule has 2 aliphatic heterocycles. The monoisotopic (exact) mass is 498 g/mol. The second kappa shape index (κ2) is 10.6. The van der Waals surface area contributed by atoms with Gasteiger partial charge in [0.15, 0.2) is 0 Å². The molecule has 5 rings (SSSR count). The minimum Gasteiger partial charge on any atom is -0.351 e. The molecule has 7 heteroatoms. The first-order valence-electron chi connectivity index (χ1n) is 14.0. The number of likely N-dealkylation sites (tertiary alicyclic amines) is 1. The highest BCUT2D eigenvalue weighted by molar-refractivity contribution is 7.19. The Bertz CT molecular complexity index is 1040. The number of hydrogen-bond donors (Lipinski definition) is 1. The van der Waals surface area contributed by atoms with Gasteiger partial charge in [0.1, 0.15) is 11.2 Å². The number of fused-ring (bicyclic) bond motifs is 3. The normalized spacial score (nSPS) is 24.9. The van der Waals surface area contributed by atoms with E-state index in [1.165, 1.54) is 56.2 Å². The standard InChI is InChI=1S/C28H42N4O2S/c1-3-22-18-23-25(35-22)19-24-26(33)32(17-16-30-14-10-6-7-11-15-30)28(2,20-31(23)24)27(34)29-21-12-8-4-5-9-13-21/h18-19,21H,3-17,20H2,1-2H3,(H,29,34)/t28-/m1/s1. The van der Waals surface area contributed by atoms with Crippen molar-refractivity contribution in [1.82, 2.24) is 19.7 Å². The van der Waals surface area contributed by atoms with Gasteiger partial charge in [0.05, 0.1) is 16.8 Å². The lowest BCUT2D eigenvalue weighted by Crippen LogP contribution is -2.65. The van der Waals surface area contributed by atoms with E-state index >= 15 is 0 Å². The van der Waals surface area contributed by atoms with Crippen LogP contribution < -0.4 is 5.32 Å². The first kappa shape index (κ1) is 24.8. The molecule has 6 nitrogen and oxygen atoms in total. The molecule has 2 aromatic rings. The first-order valence-corrected chi connectivity index (χ1v) is 14.8. The van der Waals surface area contributed by atoms with Gasteiger partial charge in [-0.2, -0.15) is 0 Å². The number of aryl methyl sites for hydroxylation is 1. The molecular formula is C28H42N4O2S. The summed E-state index contributed by atoms with van der Waals surface area (Å²) in [4.78, 5) is 33.6. The molecule has 35 heavy (non-hydrogen) atoms. The summed E-state index contributed by atoms with van der Waals surface area (Å²) in [6, 6.07) is 4.50. The number of carbonyl (C=O) groups is 2. The van der Waals surface area contributed by atoms with E-state index in [0.29, 0.717) is 13.1 Å². The van der Waals surface area contributed by atoms with Crippen molar-refractivity contribution in [3.05, 3.63) is 22.7 Å². The second-order valence-electron chi connectivity index (χ2n) is 11.1. The number of carbonyl (C=O) groups excluding carboxylic acids is 2. The van der Waals surface area contributed by atoms with Crippen LogP contribution in [-0.4, -0.2) is 63.9 Å². The number of nitrogens with zero attached hydrogens (tertiary/aromatic N) is 3. The first-order chi connectivity index (χ1) is 17.0. The third-order valence-electron chi connectivity index (χ3n) is 8.53. The molecule has 0 unspecified atom stereocenters. The van der Waals surface area contributed by atoms with Crippen LogP contribution in [0.1, 0.15) is 93.4 Å². The Balaban J connectivity index is 1.43. The van der Waals surface area contributed by atoms with E-state index in [9.17, 15) is 9.59 Å². The molecule has 1 aliphatic carbocycles.